The molecule has 1 aromatic heterocycles. The molecule has 0 aliphatic carbocycles. The molecule has 0 unspecified atom stereocenters. The molecule has 1 saturated heterocycles. The van der Waals surface area contributed by atoms with Crippen LogP contribution >= 0.6 is 0 Å². The molecular formula is C32H35N5O5. The van der Waals surface area contributed by atoms with E-state index in [0.29, 0.717) is 46.3 Å². The van der Waals surface area contributed by atoms with E-state index in [1.54, 1.807) is 38.6 Å². The number of benzene rings is 3. The number of nitrogens with one attached hydrogen (secondary N) is 2. The van der Waals surface area contributed by atoms with Crippen LogP contribution in [0.25, 0.3) is 10.9 Å². The molecule has 0 spiro atoms. The highest BCUT2D eigenvalue weighted by Gasteiger charge is 2.20. The highest BCUT2D eigenvalue weighted by atomic mass is 16.5. The van der Waals surface area contributed by atoms with E-state index in [4.69, 9.17) is 14.2 Å². The highest BCUT2D eigenvalue weighted by Crippen LogP contribution is 2.38. The monoisotopic (exact) mass is 569 g/mol. The zero-order chi connectivity index (χ0) is 29.6. The summed E-state index contributed by atoms with van der Waals surface area (Å²) in [6.07, 6.45) is 2.21. The molecule has 3 amide bonds. The number of nitrogens with zero attached hydrogens (tertiary/aromatic N) is 3. The van der Waals surface area contributed by atoms with Crippen molar-refractivity contribution in [2.45, 2.75) is 20.3 Å². The van der Waals surface area contributed by atoms with Crippen LogP contribution in [0.5, 0.6) is 23.0 Å². The van der Waals surface area contributed by atoms with Crippen molar-refractivity contribution in [1.82, 2.24) is 9.88 Å². The Morgan fingerprint density at radius 1 is 0.810 bits per heavy atom. The summed E-state index contributed by atoms with van der Waals surface area (Å²) in [5.41, 5.74) is 3.93. The van der Waals surface area contributed by atoms with Crippen LogP contribution in [0.15, 0.2) is 66.9 Å². The predicted molar refractivity (Wildman–Crippen MR) is 164 cm³/mol. The molecule has 2 heterocycles. The van der Waals surface area contributed by atoms with Crippen molar-refractivity contribution in [3.05, 3.63) is 72.4 Å². The number of hydrogen-bond acceptors (Lipinski definition) is 7. The maximum Gasteiger partial charge on any atom is 0.323 e. The molecule has 5 rings (SSSR count). The number of carbonyl (C=O) groups is 2. The van der Waals surface area contributed by atoms with Crippen molar-refractivity contribution in [2.75, 3.05) is 55.9 Å². The number of carbonyl (C=O) groups excluding carboxylic acids is 2. The van der Waals surface area contributed by atoms with Crippen molar-refractivity contribution in [2.24, 2.45) is 0 Å². The maximum atomic E-state index is 12.8. The van der Waals surface area contributed by atoms with E-state index in [1.807, 2.05) is 61.2 Å². The Hall–Kier alpha value is -4.99. The molecule has 42 heavy (non-hydrogen) atoms. The number of methoxy groups -OCH3 is 2. The lowest BCUT2D eigenvalue weighted by atomic mass is 10.1. The number of piperazine rings is 1. The topological polar surface area (TPSA) is 105 Å². The van der Waals surface area contributed by atoms with Gasteiger partial charge in [0.15, 0.2) is 11.5 Å². The van der Waals surface area contributed by atoms with Gasteiger partial charge in [-0.3, -0.25) is 9.78 Å². The molecule has 0 bridgehead atoms. The van der Waals surface area contributed by atoms with Gasteiger partial charge in [-0.1, -0.05) is 13.0 Å². The smallest absolute Gasteiger partial charge is 0.323 e. The number of aryl methyl sites for hydroxylation is 1. The van der Waals surface area contributed by atoms with E-state index >= 15 is 0 Å². The molecule has 1 aliphatic rings. The van der Waals surface area contributed by atoms with Crippen LogP contribution in [0, 0.1) is 6.92 Å². The van der Waals surface area contributed by atoms with Crippen molar-refractivity contribution in [3.8, 4) is 23.0 Å². The summed E-state index contributed by atoms with van der Waals surface area (Å²) in [5.74, 6) is 2.55. The summed E-state index contributed by atoms with van der Waals surface area (Å²) in [4.78, 5) is 33.3. The normalized spacial score (nSPS) is 13.0. The number of amides is 3. The number of ether oxygens (including phenoxy) is 3. The third kappa shape index (κ3) is 6.33. The number of urea groups is 1. The first-order valence-corrected chi connectivity index (χ1v) is 13.9. The molecule has 10 heteroatoms. The van der Waals surface area contributed by atoms with E-state index in [-0.39, 0.29) is 11.9 Å². The lowest BCUT2D eigenvalue weighted by Crippen LogP contribution is -2.48. The fourth-order valence-electron chi connectivity index (χ4n) is 4.93. The minimum absolute atomic E-state index is 0.194. The summed E-state index contributed by atoms with van der Waals surface area (Å²) in [6.45, 7) is 6.84. The van der Waals surface area contributed by atoms with E-state index in [1.165, 1.54) is 0 Å². The van der Waals surface area contributed by atoms with Crippen LogP contribution in [0.1, 0.15) is 18.9 Å². The van der Waals surface area contributed by atoms with Gasteiger partial charge in [-0.15, -0.1) is 0 Å². The van der Waals surface area contributed by atoms with Crippen LogP contribution in [0.4, 0.5) is 21.9 Å². The molecule has 218 valence electrons. The van der Waals surface area contributed by atoms with Crippen LogP contribution < -0.4 is 29.7 Å². The average Bonchev–Trinajstić information content (AvgIpc) is 3.02. The Labute approximate surface area is 245 Å². The predicted octanol–water partition coefficient (Wildman–Crippen LogP) is 6.06. The molecular weight excluding hydrogens is 534 g/mol. The number of hydrogen-bond donors (Lipinski definition) is 2. The van der Waals surface area contributed by atoms with E-state index in [9.17, 15) is 9.59 Å². The first-order valence-electron chi connectivity index (χ1n) is 13.9. The van der Waals surface area contributed by atoms with Gasteiger partial charge >= 0.3 is 6.03 Å². The average molecular weight is 570 g/mol. The molecule has 1 aliphatic heterocycles. The van der Waals surface area contributed by atoms with Gasteiger partial charge in [0.1, 0.15) is 11.5 Å². The van der Waals surface area contributed by atoms with Crippen molar-refractivity contribution < 1.29 is 23.8 Å². The minimum atomic E-state index is -0.365. The molecule has 10 nitrogen and oxygen atoms in total. The summed E-state index contributed by atoms with van der Waals surface area (Å²) in [5, 5.41) is 6.54. The quantitative estimate of drug-likeness (QED) is 0.266. The third-order valence-corrected chi connectivity index (χ3v) is 7.30. The SMILES string of the molecule is CCC(=O)N1CCN(c2ccc(NC(=O)Nc3ccc(C)c(Oc4ccnc5cc(OC)c(OC)cc45)c3)cc2)CC1. The molecule has 1 fully saturated rings. The molecule has 0 atom stereocenters. The Balaban J connectivity index is 1.23. The second-order valence-electron chi connectivity index (χ2n) is 9.96. The van der Waals surface area contributed by atoms with Crippen molar-refractivity contribution in [3.63, 3.8) is 0 Å². The second kappa shape index (κ2) is 12.7. The first kappa shape index (κ1) is 28.5. The van der Waals surface area contributed by atoms with Gasteiger partial charge in [-0.25, -0.2) is 4.79 Å². The molecule has 0 radical (unpaired) electrons. The van der Waals surface area contributed by atoms with Crippen molar-refractivity contribution in [1.29, 1.82) is 0 Å². The molecule has 4 aromatic rings. The van der Waals surface area contributed by atoms with Crippen LogP contribution in [0.2, 0.25) is 0 Å². The first-order chi connectivity index (χ1) is 20.4. The maximum absolute atomic E-state index is 12.8. The van der Waals surface area contributed by atoms with Gasteiger partial charge in [-0.2, -0.15) is 0 Å². The lowest BCUT2D eigenvalue weighted by molar-refractivity contribution is -0.131. The Morgan fingerprint density at radius 3 is 2.17 bits per heavy atom. The fraction of sp³-hybridized carbons (Fsp3) is 0.281. The van der Waals surface area contributed by atoms with Gasteiger partial charge in [-0.05, 0) is 55.0 Å². The lowest BCUT2D eigenvalue weighted by Gasteiger charge is -2.36. The highest BCUT2D eigenvalue weighted by molar-refractivity contribution is 6.00. The number of fused-ring (bicyclic) bond motifs is 1. The van der Waals surface area contributed by atoms with Crippen LogP contribution in [-0.4, -0.2) is 62.2 Å². The summed E-state index contributed by atoms with van der Waals surface area (Å²) >= 11 is 0. The second-order valence-corrected chi connectivity index (χ2v) is 9.96. The Bertz CT molecular complexity index is 1580. The largest absolute Gasteiger partial charge is 0.493 e. The van der Waals surface area contributed by atoms with E-state index < -0.39 is 0 Å². The van der Waals surface area contributed by atoms with Crippen LogP contribution in [-0.2, 0) is 4.79 Å². The van der Waals surface area contributed by atoms with Gasteiger partial charge in [0.05, 0.1) is 19.7 Å². The standard InChI is InChI=1S/C32H35N5O5/c1-5-31(38)37-16-14-36(15-17-37)24-10-8-22(9-11-24)34-32(39)35-23-7-6-21(2)28(18-23)42-27-12-13-33-26-20-30(41-4)29(40-3)19-25(26)27/h6-13,18-20H,5,14-17H2,1-4H3,(H2,34,35,39). The van der Waals surface area contributed by atoms with Crippen LogP contribution in [0.3, 0.4) is 0 Å². The number of pyridine rings is 1. The zero-order valence-corrected chi connectivity index (χ0v) is 24.3. The summed E-state index contributed by atoms with van der Waals surface area (Å²) < 4.78 is 17.2. The third-order valence-electron chi connectivity index (χ3n) is 7.30. The van der Waals surface area contributed by atoms with E-state index in [0.717, 1.165) is 42.8 Å². The number of anilines is 3. The van der Waals surface area contributed by atoms with Crippen molar-refractivity contribution >= 4 is 39.9 Å². The summed E-state index contributed by atoms with van der Waals surface area (Å²) in [7, 11) is 3.16. The summed E-state index contributed by atoms with van der Waals surface area (Å²) in [6, 6.07) is 18.3. The van der Waals surface area contributed by atoms with E-state index in [2.05, 4.69) is 20.5 Å². The zero-order valence-electron chi connectivity index (χ0n) is 24.3. The van der Waals surface area contributed by atoms with Gasteiger partial charge in [0, 0.05) is 73.4 Å². The fourth-order valence-corrected chi connectivity index (χ4v) is 4.93. The molecule has 3 aromatic carbocycles. The van der Waals surface area contributed by atoms with Gasteiger partial charge < -0.3 is 34.6 Å². The number of aromatic nitrogens is 1. The Kier molecular flexibility index (Phi) is 8.61. The van der Waals surface area contributed by atoms with Gasteiger partial charge in [0.2, 0.25) is 5.91 Å². The minimum Gasteiger partial charge on any atom is -0.493 e. The number of rotatable bonds is 8. The van der Waals surface area contributed by atoms with Gasteiger partial charge in [0.25, 0.3) is 0 Å². The Morgan fingerprint density at radius 2 is 1.48 bits per heavy atom. The molecule has 0 saturated carbocycles. The molecule has 2 N–H and O–H groups in total.